The van der Waals surface area contributed by atoms with E-state index in [9.17, 15) is 4.79 Å². The maximum Gasteiger partial charge on any atom is 0.307 e. The first kappa shape index (κ1) is 15.0. The minimum absolute atomic E-state index is 0.143. The molecule has 1 aromatic rings. The van der Waals surface area contributed by atoms with Crippen LogP contribution in [0.3, 0.4) is 0 Å². The molecule has 4 nitrogen and oxygen atoms in total. The molecule has 0 aromatic heterocycles. The van der Waals surface area contributed by atoms with Gasteiger partial charge in [-0.2, -0.15) is 0 Å². The van der Waals surface area contributed by atoms with Gasteiger partial charge >= 0.3 is 5.97 Å². The average molecular weight is 316 g/mol. The van der Waals surface area contributed by atoms with Crippen LogP contribution >= 0.6 is 15.9 Å². The van der Waals surface area contributed by atoms with E-state index in [4.69, 9.17) is 15.2 Å². The Hall–Kier alpha value is -1.07. The van der Waals surface area contributed by atoms with Gasteiger partial charge in [-0.05, 0) is 32.0 Å². The first-order valence-corrected chi connectivity index (χ1v) is 6.71. The van der Waals surface area contributed by atoms with Gasteiger partial charge in [0.2, 0.25) is 0 Å². The molecule has 0 saturated carbocycles. The van der Waals surface area contributed by atoms with Crippen molar-refractivity contribution in [3.05, 3.63) is 28.2 Å². The largest absolute Gasteiger partial charge is 0.494 e. The molecular formula is C13H18BrNO3. The Morgan fingerprint density at radius 3 is 2.72 bits per heavy atom. The van der Waals surface area contributed by atoms with Crippen molar-refractivity contribution in [3.8, 4) is 5.75 Å². The molecule has 0 fully saturated rings. The lowest BCUT2D eigenvalue weighted by Crippen LogP contribution is -2.18. The summed E-state index contributed by atoms with van der Waals surface area (Å²) in [7, 11) is 0. The molecule has 5 heteroatoms. The highest BCUT2D eigenvalue weighted by molar-refractivity contribution is 9.10. The first-order valence-electron chi connectivity index (χ1n) is 5.91. The van der Waals surface area contributed by atoms with Gasteiger partial charge in [-0.3, -0.25) is 4.79 Å². The standard InChI is InChI=1S/C13H18BrNO3/c1-3-17-12-6-5-9(14)7-10(12)11(15)8-13(16)18-4-2/h5-7,11H,3-4,8,15H2,1-2H3/t11-/m0/s1. The van der Waals surface area contributed by atoms with Crippen LogP contribution in [0.15, 0.2) is 22.7 Å². The molecule has 0 aliphatic rings. The van der Waals surface area contributed by atoms with Gasteiger partial charge in [0.1, 0.15) is 5.75 Å². The summed E-state index contributed by atoms with van der Waals surface area (Å²) in [4.78, 5) is 11.4. The zero-order valence-corrected chi connectivity index (χ0v) is 12.2. The predicted molar refractivity (Wildman–Crippen MR) is 73.5 cm³/mol. The van der Waals surface area contributed by atoms with Crippen LogP contribution in [-0.4, -0.2) is 19.2 Å². The summed E-state index contributed by atoms with van der Waals surface area (Å²) in [6.07, 6.45) is 0.143. The van der Waals surface area contributed by atoms with E-state index in [1.54, 1.807) is 6.92 Å². The Bertz CT molecular complexity index is 409. The van der Waals surface area contributed by atoms with E-state index in [1.165, 1.54) is 0 Å². The highest BCUT2D eigenvalue weighted by Crippen LogP contribution is 2.29. The molecule has 0 aliphatic carbocycles. The summed E-state index contributed by atoms with van der Waals surface area (Å²) in [6, 6.07) is 5.16. The number of rotatable bonds is 6. The Kier molecular flexibility index (Phi) is 6.15. The average Bonchev–Trinajstić information content (AvgIpc) is 2.32. The van der Waals surface area contributed by atoms with E-state index in [-0.39, 0.29) is 12.4 Å². The molecule has 0 radical (unpaired) electrons. The summed E-state index contributed by atoms with van der Waals surface area (Å²) in [5.74, 6) is 0.407. The number of carbonyl (C=O) groups excluding carboxylic acids is 1. The molecule has 0 saturated heterocycles. The molecule has 0 bridgehead atoms. The zero-order chi connectivity index (χ0) is 13.5. The van der Waals surface area contributed by atoms with E-state index in [2.05, 4.69) is 15.9 Å². The topological polar surface area (TPSA) is 61.5 Å². The van der Waals surface area contributed by atoms with Crippen LogP contribution in [0, 0.1) is 0 Å². The van der Waals surface area contributed by atoms with Gasteiger partial charge in [0.15, 0.2) is 0 Å². The van der Waals surface area contributed by atoms with Crippen LogP contribution in [0.1, 0.15) is 31.9 Å². The van der Waals surface area contributed by atoms with Crippen LogP contribution < -0.4 is 10.5 Å². The van der Waals surface area contributed by atoms with Crippen molar-refractivity contribution in [2.24, 2.45) is 5.73 Å². The minimum atomic E-state index is -0.428. The Balaban J connectivity index is 2.85. The number of benzene rings is 1. The smallest absolute Gasteiger partial charge is 0.307 e. The number of hydrogen-bond acceptors (Lipinski definition) is 4. The molecule has 1 atom stereocenters. The summed E-state index contributed by atoms with van der Waals surface area (Å²) in [6.45, 7) is 4.60. The van der Waals surface area contributed by atoms with Crippen LogP contribution in [0.2, 0.25) is 0 Å². The Labute approximate surface area is 116 Å². The fraction of sp³-hybridized carbons (Fsp3) is 0.462. The Morgan fingerprint density at radius 1 is 1.39 bits per heavy atom. The van der Waals surface area contributed by atoms with E-state index in [0.29, 0.717) is 19.0 Å². The second-order valence-corrected chi connectivity index (χ2v) is 4.65. The van der Waals surface area contributed by atoms with Crippen molar-refractivity contribution in [3.63, 3.8) is 0 Å². The molecule has 0 unspecified atom stereocenters. The molecule has 0 spiro atoms. The molecular weight excluding hydrogens is 298 g/mol. The number of halogens is 1. The van der Waals surface area contributed by atoms with Gasteiger partial charge in [0.05, 0.1) is 19.6 Å². The second kappa shape index (κ2) is 7.38. The third-order valence-corrected chi connectivity index (χ3v) is 2.86. The highest BCUT2D eigenvalue weighted by Gasteiger charge is 2.17. The SMILES string of the molecule is CCOC(=O)C[C@H](N)c1cc(Br)ccc1OCC. The van der Waals surface area contributed by atoms with Gasteiger partial charge in [0, 0.05) is 16.1 Å². The molecule has 0 amide bonds. The normalized spacial score (nSPS) is 12.0. The van der Waals surface area contributed by atoms with Crippen molar-refractivity contribution < 1.29 is 14.3 Å². The molecule has 0 heterocycles. The first-order chi connectivity index (χ1) is 8.58. The fourth-order valence-electron chi connectivity index (χ4n) is 1.61. The van der Waals surface area contributed by atoms with Gasteiger partial charge in [-0.15, -0.1) is 0 Å². The summed E-state index contributed by atoms with van der Waals surface area (Å²) < 4.78 is 11.3. The van der Waals surface area contributed by atoms with Crippen molar-refractivity contribution >= 4 is 21.9 Å². The summed E-state index contributed by atoms with van der Waals surface area (Å²) >= 11 is 3.39. The molecule has 0 aliphatic heterocycles. The molecule has 100 valence electrons. The van der Waals surface area contributed by atoms with Gasteiger partial charge in [0.25, 0.3) is 0 Å². The maximum absolute atomic E-state index is 11.4. The van der Waals surface area contributed by atoms with Crippen LogP contribution in [0.25, 0.3) is 0 Å². The van der Waals surface area contributed by atoms with Crippen molar-refractivity contribution in [1.29, 1.82) is 0 Å². The third kappa shape index (κ3) is 4.31. The van der Waals surface area contributed by atoms with Crippen LogP contribution in [0.5, 0.6) is 5.75 Å². The number of carbonyl (C=O) groups is 1. The lowest BCUT2D eigenvalue weighted by Gasteiger charge is -2.16. The number of esters is 1. The minimum Gasteiger partial charge on any atom is -0.494 e. The van der Waals surface area contributed by atoms with E-state index < -0.39 is 6.04 Å². The molecule has 18 heavy (non-hydrogen) atoms. The number of hydrogen-bond donors (Lipinski definition) is 1. The van der Waals surface area contributed by atoms with E-state index in [1.807, 2.05) is 25.1 Å². The lowest BCUT2D eigenvalue weighted by atomic mass is 10.0. The van der Waals surface area contributed by atoms with Gasteiger partial charge in [-0.1, -0.05) is 15.9 Å². The number of ether oxygens (including phenoxy) is 2. The Morgan fingerprint density at radius 2 is 2.11 bits per heavy atom. The van der Waals surface area contributed by atoms with E-state index >= 15 is 0 Å². The lowest BCUT2D eigenvalue weighted by molar-refractivity contribution is -0.143. The monoisotopic (exact) mass is 315 g/mol. The van der Waals surface area contributed by atoms with Crippen molar-refractivity contribution in [2.75, 3.05) is 13.2 Å². The van der Waals surface area contributed by atoms with Crippen LogP contribution in [0.4, 0.5) is 0 Å². The predicted octanol–water partition coefficient (Wildman–Crippen LogP) is 2.80. The molecule has 1 rings (SSSR count). The van der Waals surface area contributed by atoms with Crippen molar-refractivity contribution in [2.45, 2.75) is 26.3 Å². The number of nitrogens with two attached hydrogens (primary N) is 1. The highest BCUT2D eigenvalue weighted by atomic mass is 79.9. The van der Waals surface area contributed by atoms with Crippen LogP contribution in [-0.2, 0) is 9.53 Å². The third-order valence-electron chi connectivity index (χ3n) is 2.36. The zero-order valence-electron chi connectivity index (χ0n) is 10.6. The maximum atomic E-state index is 11.4. The van der Waals surface area contributed by atoms with E-state index in [0.717, 1.165) is 10.0 Å². The quantitative estimate of drug-likeness (QED) is 0.820. The molecule has 1 aromatic carbocycles. The summed E-state index contributed by atoms with van der Waals surface area (Å²) in [5.41, 5.74) is 6.83. The molecule has 2 N–H and O–H groups in total. The summed E-state index contributed by atoms with van der Waals surface area (Å²) in [5, 5.41) is 0. The fourth-order valence-corrected chi connectivity index (χ4v) is 1.98. The van der Waals surface area contributed by atoms with Gasteiger partial charge < -0.3 is 15.2 Å². The van der Waals surface area contributed by atoms with Crippen molar-refractivity contribution in [1.82, 2.24) is 0 Å². The second-order valence-electron chi connectivity index (χ2n) is 3.73. The van der Waals surface area contributed by atoms with Gasteiger partial charge in [-0.25, -0.2) is 0 Å².